The molecular formula is C16H26N2O. The minimum Gasteiger partial charge on any atom is -0.489 e. The zero-order valence-corrected chi connectivity index (χ0v) is 12.4. The molecule has 1 aliphatic heterocycles. The smallest absolute Gasteiger partial charge is 0.144 e. The Balaban J connectivity index is 2.12. The van der Waals surface area contributed by atoms with Gasteiger partial charge in [0, 0.05) is 13.1 Å². The van der Waals surface area contributed by atoms with Gasteiger partial charge < -0.3 is 15.4 Å². The molecule has 1 aromatic rings. The quantitative estimate of drug-likeness (QED) is 0.823. The second-order valence-corrected chi connectivity index (χ2v) is 5.74. The van der Waals surface area contributed by atoms with Gasteiger partial charge in [-0.25, -0.2) is 0 Å². The van der Waals surface area contributed by atoms with Gasteiger partial charge in [-0.15, -0.1) is 0 Å². The molecule has 0 aliphatic carbocycles. The first-order chi connectivity index (χ1) is 9.11. The third-order valence-corrected chi connectivity index (χ3v) is 3.73. The summed E-state index contributed by atoms with van der Waals surface area (Å²) >= 11 is 0. The number of nitrogens with two attached hydrogens (primary N) is 1. The number of hydrogen-bond acceptors (Lipinski definition) is 3. The van der Waals surface area contributed by atoms with Crippen LogP contribution in [0.3, 0.4) is 0 Å². The molecule has 19 heavy (non-hydrogen) atoms. The van der Waals surface area contributed by atoms with E-state index in [1.165, 1.54) is 19.3 Å². The van der Waals surface area contributed by atoms with Crippen LogP contribution in [0.25, 0.3) is 0 Å². The van der Waals surface area contributed by atoms with Gasteiger partial charge in [0.15, 0.2) is 0 Å². The van der Waals surface area contributed by atoms with Crippen LogP contribution in [0.5, 0.6) is 5.75 Å². The zero-order valence-electron chi connectivity index (χ0n) is 12.4. The Morgan fingerprint density at radius 3 is 2.89 bits per heavy atom. The highest BCUT2D eigenvalue weighted by Crippen LogP contribution is 2.36. The highest BCUT2D eigenvalue weighted by Gasteiger charge is 2.24. The first-order valence-corrected chi connectivity index (χ1v) is 7.42. The van der Waals surface area contributed by atoms with Gasteiger partial charge >= 0.3 is 0 Å². The van der Waals surface area contributed by atoms with Crippen molar-refractivity contribution in [3.8, 4) is 5.75 Å². The summed E-state index contributed by atoms with van der Waals surface area (Å²) < 4.78 is 5.77. The van der Waals surface area contributed by atoms with E-state index in [-0.39, 0.29) is 6.10 Å². The van der Waals surface area contributed by atoms with E-state index in [0.29, 0.717) is 0 Å². The van der Waals surface area contributed by atoms with E-state index in [0.717, 1.165) is 36.1 Å². The first-order valence-electron chi connectivity index (χ1n) is 7.42. The molecule has 0 aromatic heterocycles. The maximum atomic E-state index is 6.26. The summed E-state index contributed by atoms with van der Waals surface area (Å²) in [5.74, 6) is 1.63. The second-order valence-electron chi connectivity index (χ2n) is 5.74. The molecular weight excluding hydrogens is 236 g/mol. The maximum Gasteiger partial charge on any atom is 0.144 e. The predicted molar refractivity (Wildman–Crippen MR) is 81.8 cm³/mol. The van der Waals surface area contributed by atoms with Gasteiger partial charge in [0.25, 0.3) is 0 Å². The van der Waals surface area contributed by atoms with E-state index < -0.39 is 0 Å². The minimum atomic E-state index is 0.156. The molecule has 0 spiro atoms. The molecule has 0 bridgehead atoms. The van der Waals surface area contributed by atoms with Crippen LogP contribution >= 0.6 is 0 Å². The van der Waals surface area contributed by atoms with Crippen molar-refractivity contribution in [2.75, 3.05) is 23.7 Å². The molecule has 1 unspecified atom stereocenters. The fourth-order valence-corrected chi connectivity index (χ4v) is 2.86. The van der Waals surface area contributed by atoms with Crippen LogP contribution in [0, 0.1) is 5.92 Å². The summed E-state index contributed by atoms with van der Waals surface area (Å²) in [6, 6.07) is 6.10. The Labute approximate surface area is 116 Å². The fraction of sp³-hybridized carbons (Fsp3) is 0.625. The third kappa shape index (κ3) is 3.34. The number of anilines is 2. The fourth-order valence-electron chi connectivity index (χ4n) is 2.86. The van der Waals surface area contributed by atoms with E-state index in [2.05, 4.69) is 17.9 Å². The average Bonchev–Trinajstić information content (AvgIpc) is 2.80. The lowest BCUT2D eigenvalue weighted by atomic mass is 10.0. The summed E-state index contributed by atoms with van der Waals surface area (Å²) in [4.78, 5) is 2.41. The molecule has 106 valence electrons. The maximum absolute atomic E-state index is 6.26. The highest BCUT2D eigenvalue weighted by molar-refractivity contribution is 5.74. The summed E-state index contributed by atoms with van der Waals surface area (Å²) in [6.45, 7) is 8.55. The van der Waals surface area contributed by atoms with Gasteiger partial charge in [-0.2, -0.15) is 0 Å². The molecule has 2 rings (SSSR count). The molecule has 0 radical (unpaired) electrons. The zero-order chi connectivity index (χ0) is 13.8. The van der Waals surface area contributed by atoms with Crippen molar-refractivity contribution < 1.29 is 4.74 Å². The minimum absolute atomic E-state index is 0.156. The van der Waals surface area contributed by atoms with Crippen molar-refractivity contribution in [3.63, 3.8) is 0 Å². The standard InChI is InChI=1S/C16H26N2O/c1-4-6-13-9-10-18(11-13)14-7-5-8-15(16(14)17)19-12(2)3/h5,7-8,12-13H,4,6,9-11,17H2,1-3H3. The molecule has 3 nitrogen and oxygen atoms in total. The number of benzene rings is 1. The van der Waals surface area contributed by atoms with Crippen LogP contribution in [-0.4, -0.2) is 19.2 Å². The second kappa shape index (κ2) is 6.18. The summed E-state index contributed by atoms with van der Waals surface area (Å²) in [5, 5.41) is 0. The Morgan fingerprint density at radius 2 is 2.21 bits per heavy atom. The van der Waals surface area contributed by atoms with E-state index in [4.69, 9.17) is 10.5 Å². The van der Waals surface area contributed by atoms with Gasteiger partial charge in [0.1, 0.15) is 5.75 Å². The Kier molecular flexibility index (Phi) is 4.56. The summed E-state index contributed by atoms with van der Waals surface area (Å²) in [6.07, 6.45) is 4.02. The molecule has 0 saturated carbocycles. The Morgan fingerprint density at radius 1 is 1.42 bits per heavy atom. The van der Waals surface area contributed by atoms with Gasteiger partial charge in [-0.05, 0) is 44.7 Å². The van der Waals surface area contributed by atoms with Crippen molar-refractivity contribution >= 4 is 11.4 Å². The summed E-state index contributed by atoms with van der Waals surface area (Å²) in [7, 11) is 0. The SMILES string of the molecule is CCCC1CCN(c2cccc(OC(C)C)c2N)C1. The van der Waals surface area contributed by atoms with Crippen LogP contribution in [0.4, 0.5) is 11.4 Å². The summed E-state index contributed by atoms with van der Waals surface area (Å²) in [5.41, 5.74) is 8.19. The number of nitrogens with zero attached hydrogens (tertiary/aromatic N) is 1. The van der Waals surface area contributed by atoms with Crippen molar-refractivity contribution in [2.24, 2.45) is 5.92 Å². The first kappa shape index (κ1) is 14.0. The molecule has 1 aromatic carbocycles. The predicted octanol–water partition coefficient (Wildman–Crippen LogP) is 3.68. The molecule has 3 heteroatoms. The number of nitrogen functional groups attached to an aromatic ring is 1. The van der Waals surface area contributed by atoms with Gasteiger partial charge in [0.05, 0.1) is 17.5 Å². The number of ether oxygens (including phenoxy) is 1. The van der Waals surface area contributed by atoms with E-state index in [1.54, 1.807) is 0 Å². The monoisotopic (exact) mass is 262 g/mol. The van der Waals surface area contributed by atoms with Crippen LogP contribution in [-0.2, 0) is 0 Å². The lowest BCUT2D eigenvalue weighted by Gasteiger charge is -2.23. The van der Waals surface area contributed by atoms with Gasteiger partial charge in [0.2, 0.25) is 0 Å². The topological polar surface area (TPSA) is 38.5 Å². The number of hydrogen-bond donors (Lipinski definition) is 1. The van der Waals surface area contributed by atoms with Crippen molar-refractivity contribution in [2.45, 2.75) is 46.1 Å². The van der Waals surface area contributed by atoms with Crippen molar-refractivity contribution in [1.82, 2.24) is 0 Å². The van der Waals surface area contributed by atoms with Crippen LogP contribution < -0.4 is 15.4 Å². The van der Waals surface area contributed by atoms with E-state index in [1.807, 2.05) is 26.0 Å². The molecule has 2 N–H and O–H groups in total. The normalized spacial score (nSPS) is 19.2. The molecule has 0 amide bonds. The van der Waals surface area contributed by atoms with E-state index >= 15 is 0 Å². The van der Waals surface area contributed by atoms with Crippen LogP contribution in [0.1, 0.15) is 40.0 Å². The molecule has 1 fully saturated rings. The molecule has 1 aliphatic rings. The Bertz CT molecular complexity index is 417. The molecule has 1 heterocycles. The lowest BCUT2D eigenvalue weighted by molar-refractivity contribution is 0.244. The van der Waals surface area contributed by atoms with Gasteiger partial charge in [-0.1, -0.05) is 19.4 Å². The molecule has 1 saturated heterocycles. The number of para-hydroxylation sites is 1. The Hall–Kier alpha value is -1.38. The van der Waals surface area contributed by atoms with Gasteiger partial charge in [-0.3, -0.25) is 0 Å². The van der Waals surface area contributed by atoms with E-state index in [9.17, 15) is 0 Å². The third-order valence-electron chi connectivity index (χ3n) is 3.73. The highest BCUT2D eigenvalue weighted by atomic mass is 16.5. The number of rotatable bonds is 5. The van der Waals surface area contributed by atoms with Crippen LogP contribution in [0.15, 0.2) is 18.2 Å². The van der Waals surface area contributed by atoms with Crippen molar-refractivity contribution in [1.29, 1.82) is 0 Å². The van der Waals surface area contributed by atoms with Crippen molar-refractivity contribution in [3.05, 3.63) is 18.2 Å². The average molecular weight is 262 g/mol. The van der Waals surface area contributed by atoms with Crippen LogP contribution in [0.2, 0.25) is 0 Å². The largest absolute Gasteiger partial charge is 0.489 e. The molecule has 1 atom stereocenters. The lowest BCUT2D eigenvalue weighted by Crippen LogP contribution is -2.21.